The van der Waals surface area contributed by atoms with Gasteiger partial charge >= 0.3 is 0 Å². The summed E-state index contributed by atoms with van der Waals surface area (Å²) in [6.07, 6.45) is 0.889. The van der Waals surface area contributed by atoms with Crippen LogP contribution in [0.2, 0.25) is 0 Å². The molecule has 0 amide bonds. The van der Waals surface area contributed by atoms with E-state index in [1.165, 1.54) is 131 Å². The largest absolute Gasteiger partial charge is 0.481 e. The number of aliphatic carboxylic acids is 1. The van der Waals surface area contributed by atoms with Crippen molar-refractivity contribution in [1.29, 1.82) is 0 Å². The van der Waals surface area contributed by atoms with Crippen LogP contribution in [0, 0.1) is 0 Å². The monoisotopic (exact) mass is 1550 g/mol. The summed E-state index contributed by atoms with van der Waals surface area (Å²) in [4.78, 5) is 49.0. The summed E-state index contributed by atoms with van der Waals surface area (Å²) in [5.41, 5.74) is 29.3. The van der Waals surface area contributed by atoms with E-state index in [0.717, 1.165) is 74.8 Å². The molecular weight excluding hydrogens is 1470 g/mol. The van der Waals surface area contributed by atoms with Gasteiger partial charge in [0.25, 0.3) is 5.97 Å². The number of carboxylic acid groups (broad SMARTS) is 1. The smallest absolute Gasteiger partial charge is 0.300 e. The van der Waals surface area contributed by atoms with Gasteiger partial charge in [-0.1, -0.05) is 328 Å². The minimum Gasteiger partial charge on any atom is -0.481 e. The summed E-state index contributed by atoms with van der Waals surface area (Å²) in [7, 11) is 0. The minimum absolute atomic E-state index is 0. The van der Waals surface area contributed by atoms with Gasteiger partial charge in [-0.3, -0.25) is 23.7 Å². The quantitative estimate of drug-likeness (QED) is 0.0353. The van der Waals surface area contributed by atoms with Crippen molar-refractivity contribution < 1.29 is 25.7 Å². The zero-order valence-electron chi connectivity index (χ0n) is 65.5. The number of Topliss-reactive ketones (excluding diaryl/α,β-unsaturated/α-hetero) is 2. The molecule has 2 aliphatic rings. The lowest BCUT2D eigenvalue weighted by Gasteiger charge is -2.16. The van der Waals surface area contributed by atoms with Gasteiger partial charge in [0.15, 0.2) is 0 Å². The number of carboxylic acids is 1. The molecule has 23 rings (SSSR count). The van der Waals surface area contributed by atoms with E-state index in [2.05, 4.69) is 337 Å². The van der Waals surface area contributed by atoms with Crippen molar-refractivity contribution in [3.8, 4) is 67.3 Å². The molecule has 2 heterocycles. The highest BCUT2D eigenvalue weighted by Crippen LogP contribution is 2.49. The van der Waals surface area contributed by atoms with Crippen LogP contribution in [0.1, 0.15) is 62.0 Å². The third-order valence-electron chi connectivity index (χ3n) is 22.7. The molecule has 0 unspecified atom stereocenters. The highest BCUT2D eigenvalue weighted by atomic mass is 16.4. The number of carbonyl (C=O) groups excluding carboxylic acids is 3. The predicted octanol–water partition coefficient (Wildman–Crippen LogP) is 26.8. The molecule has 21 aromatic rings. The number of rotatable bonds is 7. The molecule has 3 radical (unpaired) electrons. The minimum atomic E-state index is -0.833. The number of anilines is 1. The van der Waals surface area contributed by atoms with E-state index in [0.29, 0.717) is 11.1 Å². The number of aromatic nitrogens is 3. The van der Waals surface area contributed by atoms with Gasteiger partial charge < -0.3 is 21.6 Å². The summed E-state index contributed by atoms with van der Waals surface area (Å²) in [6.45, 7) is 1.08. The number of nitrogens with zero attached hydrogens (tertiary/aromatic N) is 3. The van der Waals surface area contributed by atoms with Crippen LogP contribution in [-0.2, 0) is 4.79 Å². The number of benzene rings is 19. The molecule has 120 heavy (non-hydrogen) atoms. The lowest BCUT2D eigenvalue weighted by atomic mass is 9.84. The first kappa shape index (κ1) is 76.9. The molecule has 0 bridgehead atoms. The van der Waals surface area contributed by atoms with Gasteiger partial charge in [0.1, 0.15) is 12.1 Å². The number of nitrogens with two attached hydrogens (primary N) is 1. The number of ketones is 2. The zero-order chi connectivity index (χ0) is 79.9. The van der Waals surface area contributed by atoms with Crippen molar-refractivity contribution >= 4 is 135 Å². The number of imidazole rings is 1. The first-order chi connectivity index (χ1) is 58.0. The maximum Gasteiger partial charge on any atom is 0.300 e. The molecule has 0 saturated carbocycles. The lowest BCUT2D eigenvalue weighted by molar-refractivity contribution is -0.134. The molecule has 6 N–H and O–H groups in total. The van der Waals surface area contributed by atoms with Crippen molar-refractivity contribution in [3.63, 3.8) is 0 Å². The van der Waals surface area contributed by atoms with Crippen molar-refractivity contribution in [2.75, 3.05) is 5.73 Å². The second-order valence-electron chi connectivity index (χ2n) is 29.7. The Morgan fingerprint density at radius 2 is 0.683 bits per heavy atom. The van der Waals surface area contributed by atoms with Crippen LogP contribution in [0.4, 0.5) is 5.69 Å². The fourth-order valence-corrected chi connectivity index (χ4v) is 17.5. The van der Waals surface area contributed by atoms with Gasteiger partial charge in [-0.15, -0.1) is 0 Å². The van der Waals surface area contributed by atoms with E-state index in [1.54, 1.807) is 24.3 Å². The Balaban J connectivity index is 0.000000137. The second kappa shape index (κ2) is 32.9. The molecule has 11 heteroatoms. The van der Waals surface area contributed by atoms with E-state index < -0.39 is 17.5 Å². The molecule has 19 aromatic carbocycles. The van der Waals surface area contributed by atoms with E-state index >= 15 is 0 Å². The molecule has 2 aliphatic carbocycles. The number of aldehydes is 1. The molecule has 573 valence electrons. The molecule has 0 atom stereocenters. The van der Waals surface area contributed by atoms with Crippen LogP contribution >= 0.6 is 0 Å². The Morgan fingerprint density at radius 3 is 1.12 bits per heavy atom. The van der Waals surface area contributed by atoms with Crippen LogP contribution in [0.15, 0.2) is 400 Å². The normalized spacial score (nSPS) is 11.7. The molecule has 0 spiro atoms. The molecule has 2 aromatic heterocycles. The highest BCUT2D eigenvalue weighted by Gasteiger charge is 2.31. The van der Waals surface area contributed by atoms with Gasteiger partial charge in [0, 0.05) is 83.5 Å². The number of hydrogen-bond donors (Lipinski definition) is 3. The number of hydrogen-bond acceptors (Lipinski definition) is 7. The number of fused-ring (bicyclic) bond motifs is 19. The summed E-state index contributed by atoms with van der Waals surface area (Å²) >= 11 is 0. The topological polar surface area (TPSA) is 172 Å². The van der Waals surface area contributed by atoms with E-state index in [9.17, 15) is 14.4 Å². The molecular formula is C109H79BN5O5. The van der Waals surface area contributed by atoms with Gasteiger partial charge in [-0.2, -0.15) is 0 Å². The third kappa shape index (κ3) is 14.0. The molecule has 0 aliphatic heterocycles. The van der Waals surface area contributed by atoms with Crippen molar-refractivity contribution in [1.82, 2.24) is 20.3 Å². The van der Waals surface area contributed by atoms with Gasteiger partial charge in [-0.25, -0.2) is 4.98 Å². The molecule has 10 nitrogen and oxygen atoms in total. The van der Waals surface area contributed by atoms with Gasteiger partial charge in [-0.05, 0) is 188 Å². The summed E-state index contributed by atoms with van der Waals surface area (Å²) in [5.74, 6) is -0.472. The lowest BCUT2D eigenvalue weighted by Crippen LogP contribution is -2.20. The Hall–Kier alpha value is -15.7. The van der Waals surface area contributed by atoms with Crippen LogP contribution in [0.25, 0.3) is 165 Å². The maximum absolute atomic E-state index is 11.8. The van der Waals surface area contributed by atoms with E-state index in [1.807, 2.05) is 48.5 Å². The second-order valence-corrected chi connectivity index (χ2v) is 29.7. The molecule has 0 saturated heterocycles. The number of carbonyl (C=O) groups is 4. The maximum atomic E-state index is 11.8. The predicted molar refractivity (Wildman–Crippen MR) is 499 cm³/mol. The van der Waals surface area contributed by atoms with Crippen molar-refractivity contribution in [2.45, 2.75) is 12.8 Å². The van der Waals surface area contributed by atoms with Crippen LogP contribution in [-0.4, -0.2) is 51.5 Å². The van der Waals surface area contributed by atoms with Gasteiger partial charge in [0.05, 0.1) is 22.1 Å². The standard InChI is InChI=1S/C53H33N3.C20H15N.C20H14O.C14H8O2.C2H4O2.B.H3N.H2/c1-3-15-40-36(13-1)33-37-14-2-4-16-41(37)50(40)34-25-29-39(30-26-34)56-52-47-22-8-6-18-43(47)42-17-5-7-21-46(42)51(52)54-53(56)35-27-31-38(32-28-35)55-48-23-11-9-19-44(48)45-20-10-12-24-49(45)55;21-17-11-9-14(10-12-17)20-18-7-3-1-5-15(18)13-16-6-2-4-8-19(16)20;21-13-14-9-11-15(12-10-14)20-18-7-3-1-5-16(18)17-6-2-4-8-19(17)20;15-13-11-7-3-1-5-9(11)10-6-2-4-8-12(10)14(13)16;1-2(3)4;;;/h1-33H;1-13H,21H2;1-13,20H;1-8H;1H3,(H,3,4);;1H3;1H. The fraction of sp³-hybridized carbons (Fsp3) is 0.0183. The fourth-order valence-electron chi connectivity index (χ4n) is 17.5. The first-order valence-corrected chi connectivity index (χ1v) is 39.4. The van der Waals surface area contributed by atoms with Crippen molar-refractivity contribution in [3.05, 3.63) is 434 Å². The molecule has 0 fully saturated rings. The van der Waals surface area contributed by atoms with E-state index in [-0.39, 0.29) is 21.9 Å². The summed E-state index contributed by atoms with van der Waals surface area (Å²) in [5, 5.41) is 24.8. The Labute approximate surface area is 696 Å². The average molecular weight is 1550 g/mol. The van der Waals surface area contributed by atoms with Crippen LogP contribution in [0.3, 0.4) is 0 Å². The average Bonchev–Trinajstić information content (AvgIpc) is 1.62. The van der Waals surface area contributed by atoms with Crippen molar-refractivity contribution in [2.24, 2.45) is 0 Å². The SMILES string of the molecule is CC(=O)O.N.Nc1ccc(-c2c3ccccc3cc3ccccc23)cc1.O=C1C(=O)c2ccccc2-c2ccccc21.O=Cc1ccc(C2c3ccccc3-c3ccccc32)cc1.[B].[HH].c1ccc2c(-c3ccc(-n4c(-c5ccc(-n6c7ccccc7c7ccccc76)cc5)nc5c6ccccc6c6ccccc6c54)cc3)c3ccccc3cc2c1. The number of nitrogen functional groups attached to an aromatic ring is 1. The first-order valence-electron chi connectivity index (χ1n) is 39.4. The summed E-state index contributed by atoms with van der Waals surface area (Å²) < 4.78 is 4.75. The van der Waals surface area contributed by atoms with Gasteiger partial charge in [0.2, 0.25) is 11.6 Å². The highest BCUT2D eigenvalue weighted by molar-refractivity contribution is 6.53. The Kier molecular flexibility index (Phi) is 21.1. The Morgan fingerprint density at radius 1 is 0.358 bits per heavy atom. The number of para-hydroxylation sites is 2. The summed E-state index contributed by atoms with van der Waals surface area (Å²) in [6, 6.07) is 140. The van der Waals surface area contributed by atoms with Crippen LogP contribution < -0.4 is 11.9 Å². The Bertz CT molecular complexity index is 7300. The van der Waals surface area contributed by atoms with E-state index in [4.69, 9.17) is 20.6 Å². The zero-order valence-corrected chi connectivity index (χ0v) is 65.5. The third-order valence-corrected chi connectivity index (χ3v) is 22.7. The van der Waals surface area contributed by atoms with Crippen LogP contribution in [0.5, 0.6) is 0 Å².